The Labute approximate surface area is 110 Å². The average molecular weight is 271 g/mol. The highest BCUT2D eigenvalue weighted by Gasteiger charge is 2.25. The fraction of sp³-hybridized carbons (Fsp3) is 0.800. The van der Waals surface area contributed by atoms with E-state index in [1.54, 1.807) is 11.7 Å². The van der Waals surface area contributed by atoms with E-state index >= 15 is 0 Å². The summed E-state index contributed by atoms with van der Waals surface area (Å²) in [4.78, 5) is 13.9. The number of carbonyl (C=O) groups is 1. The van der Waals surface area contributed by atoms with Crippen LogP contribution >= 0.6 is 11.8 Å². The lowest BCUT2D eigenvalue weighted by Crippen LogP contribution is -2.48. The minimum absolute atomic E-state index is 0.0965. The zero-order valence-corrected chi connectivity index (χ0v) is 11.6. The van der Waals surface area contributed by atoms with Crippen LogP contribution in [0.3, 0.4) is 0 Å². The first kappa shape index (κ1) is 13.3. The molecule has 2 heterocycles. The Kier molecular flexibility index (Phi) is 4.18. The second kappa shape index (κ2) is 5.66. The van der Waals surface area contributed by atoms with Gasteiger partial charge < -0.3 is 9.64 Å². The van der Waals surface area contributed by atoms with Crippen molar-refractivity contribution >= 4 is 17.7 Å². The highest BCUT2D eigenvalue weighted by molar-refractivity contribution is 7.99. The van der Waals surface area contributed by atoms with Gasteiger partial charge >= 0.3 is 0 Å². The molecule has 0 saturated carbocycles. The normalized spacial score (nSPS) is 24.3. The maximum atomic E-state index is 12.1. The smallest absolute Gasteiger partial charge is 0.233 e. The molecule has 0 bridgehead atoms. The number of morpholine rings is 1. The summed E-state index contributed by atoms with van der Waals surface area (Å²) in [6.07, 6.45) is 0.193. The van der Waals surface area contributed by atoms with E-state index in [1.165, 1.54) is 11.8 Å². The second-order valence-electron chi connectivity index (χ2n) is 4.43. The van der Waals surface area contributed by atoms with Crippen LogP contribution in [0.4, 0.5) is 0 Å². The van der Waals surface area contributed by atoms with Gasteiger partial charge in [-0.1, -0.05) is 11.8 Å². The first-order valence-corrected chi connectivity index (χ1v) is 6.83. The summed E-state index contributed by atoms with van der Waals surface area (Å²) in [7, 11) is 1.76. The number of amides is 1. The molecule has 1 saturated heterocycles. The van der Waals surface area contributed by atoms with Crippen LogP contribution in [0.15, 0.2) is 5.16 Å². The number of ether oxygens (including phenoxy) is 1. The lowest BCUT2D eigenvalue weighted by atomic mass is 10.2. The predicted octanol–water partition coefficient (Wildman–Crippen LogP) is -0.0620. The number of aromatic nitrogens is 4. The molecule has 1 aromatic heterocycles. The molecule has 0 aromatic carbocycles. The molecule has 7 nitrogen and oxygen atoms in total. The Hall–Kier alpha value is -1.15. The number of tetrazole rings is 1. The van der Waals surface area contributed by atoms with Crippen molar-refractivity contribution in [2.75, 3.05) is 18.8 Å². The summed E-state index contributed by atoms with van der Waals surface area (Å²) in [5.41, 5.74) is 0. The number of hydrogen-bond donors (Lipinski definition) is 0. The van der Waals surface area contributed by atoms with Gasteiger partial charge in [0.15, 0.2) is 0 Å². The molecule has 100 valence electrons. The van der Waals surface area contributed by atoms with E-state index in [0.29, 0.717) is 24.0 Å². The third-order valence-electron chi connectivity index (χ3n) is 2.68. The van der Waals surface area contributed by atoms with Crippen LogP contribution in [-0.2, 0) is 16.6 Å². The number of nitrogens with zero attached hydrogens (tertiary/aromatic N) is 5. The van der Waals surface area contributed by atoms with Gasteiger partial charge in [0.05, 0.1) is 18.0 Å². The maximum absolute atomic E-state index is 12.1. The van der Waals surface area contributed by atoms with Gasteiger partial charge in [0.25, 0.3) is 0 Å². The van der Waals surface area contributed by atoms with E-state index in [-0.39, 0.29) is 18.1 Å². The zero-order chi connectivity index (χ0) is 13.1. The molecule has 0 aliphatic carbocycles. The molecule has 1 fully saturated rings. The molecule has 0 N–H and O–H groups in total. The number of rotatable bonds is 3. The Morgan fingerprint density at radius 1 is 1.44 bits per heavy atom. The van der Waals surface area contributed by atoms with Crippen molar-refractivity contribution in [2.45, 2.75) is 31.2 Å². The van der Waals surface area contributed by atoms with Crippen LogP contribution in [0.2, 0.25) is 0 Å². The van der Waals surface area contributed by atoms with Crippen molar-refractivity contribution in [3.8, 4) is 0 Å². The second-order valence-corrected chi connectivity index (χ2v) is 5.37. The molecule has 0 spiro atoms. The van der Waals surface area contributed by atoms with E-state index in [0.717, 1.165) is 0 Å². The first-order chi connectivity index (χ1) is 8.56. The molecule has 1 aliphatic rings. The van der Waals surface area contributed by atoms with Crippen LogP contribution in [0, 0.1) is 0 Å². The highest BCUT2D eigenvalue weighted by atomic mass is 32.2. The van der Waals surface area contributed by atoms with Crippen LogP contribution in [-0.4, -0.2) is 62.1 Å². The number of aryl methyl sites for hydroxylation is 1. The first-order valence-electron chi connectivity index (χ1n) is 5.84. The van der Waals surface area contributed by atoms with Crippen molar-refractivity contribution in [3.63, 3.8) is 0 Å². The van der Waals surface area contributed by atoms with Crippen LogP contribution in [0.1, 0.15) is 13.8 Å². The molecule has 1 amide bonds. The number of thioether (sulfide) groups is 1. The minimum atomic E-state index is 0.0965. The van der Waals surface area contributed by atoms with Crippen LogP contribution in [0.5, 0.6) is 0 Å². The van der Waals surface area contributed by atoms with Crippen LogP contribution < -0.4 is 0 Å². The third kappa shape index (κ3) is 3.20. The Morgan fingerprint density at radius 3 is 2.67 bits per heavy atom. The van der Waals surface area contributed by atoms with Crippen molar-refractivity contribution in [1.29, 1.82) is 0 Å². The van der Waals surface area contributed by atoms with E-state index < -0.39 is 0 Å². The monoisotopic (exact) mass is 271 g/mol. The Balaban J connectivity index is 1.86. The minimum Gasteiger partial charge on any atom is -0.372 e. The topological polar surface area (TPSA) is 73.1 Å². The fourth-order valence-electron chi connectivity index (χ4n) is 1.94. The zero-order valence-electron chi connectivity index (χ0n) is 10.7. The van der Waals surface area contributed by atoms with Crippen molar-refractivity contribution < 1.29 is 9.53 Å². The quantitative estimate of drug-likeness (QED) is 0.717. The number of hydrogen-bond acceptors (Lipinski definition) is 6. The van der Waals surface area contributed by atoms with E-state index in [2.05, 4.69) is 15.5 Å². The maximum Gasteiger partial charge on any atom is 0.233 e. The average Bonchev–Trinajstić information content (AvgIpc) is 2.70. The molecular weight excluding hydrogens is 254 g/mol. The molecule has 8 heteroatoms. The highest BCUT2D eigenvalue weighted by Crippen LogP contribution is 2.16. The van der Waals surface area contributed by atoms with E-state index in [9.17, 15) is 4.79 Å². The van der Waals surface area contributed by atoms with Crippen LogP contribution in [0.25, 0.3) is 0 Å². The summed E-state index contributed by atoms with van der Waals surface area (Å²) in [6, 6.07) is 0. The van der Waals surface area contributed by atoms with Gasteiger partial charge in [-0.2, -0.15) is 0 Å². The molecule has 2 rings (SSSR count). The van der Waals surface area contributed by atoms with Gasteiger partial charge in [0, 0.05) is 20.1 Å². The van der Waals surface area contributed by atoms with E-state index in [4.69, 9.17) is 4.74 Å². The standard InChI is InChI=1S/C10H17N5O2S/c1-7-4-15(5-8(2)17-7)9(16)6-18-10-11-12-13-14(10)3/h7-8H,4-6H2,1-3H3/t7-,8+. The SMILES string of the molecule is C[C@@H]1CN(C(=O)CSc2nnnn2C)C[C@H](C)O1. The molecule has 1 aromatic rings. The largest absolute Gasteiger partial charge is 0.372 e. The van der Waals surface area contributed by atoms with Gasteiger partial charge in [0.1, 0.15) is 0 Å². The van der Waals surface area contributed by atoms with Gasteiger partial charge in [-0.15, -0.1) is 5.10 Å². The number of carbonyl (C=O) groups excluding carboxylic acids is 1. The lowest BCUT2D eigenvalue weighted by Gasteiger charge is -2.35. The molecule has 0 radical (unpaired) electrons. The molecule has 18 heavy (non-hydrogen) atoms. The Bertz CT molecular complexity index is 414. The predicted molar refractivity (Wildman–Crippen MR) is 66.1 cm³/mol. The summed E-state index contributed by atoms with van der Waals surface area (Å²) < 4.78 is 7.16. The third-order valence-corrected chi connectivity index (χ3v) is 3.67. The van der Waals surface area contributed by atoms with Crippen molar-refractivity contribution in [1.82, 2.24) is 25.1 Å². The summed E-state index contributed by atoms with van der Waals surface area (Å²) >= 11 is 1.35. The molecule has 2 atom stereocenters. The van der Waals surface area contributed by atoms with Crippen molar-refractivity contribution in [2.24, 2.45) is 7.05 Å². The molecular formula is C10H17N5O2S. The van der Waals surface area contributed by atoms with E-state index in [1.807, 2.05) is 18.7 Å². The van der Waals surface area contributed by atoms with Gasteiger partial charge in [-0.25, -0.2) is 4.68 Å². The molecule has 1 aliphatic heterocycles. The van der Waals surface area contributed by atoms with Gasteiger partial charge in [-0.3, -0.25) is 4.79 Å². The van der Waals surface area contributed by atoms with Gasteiger partial charge in [0.2, 0.25) is 11.1 Å². The summed E-state index contributed by atoms with van der Waals surface area (Å²) in [5, 5.41) is 11.7. The lowest BCUT2D eigenvalue weighted by molar-refractivity contribution is -0.140. The Morgan fingerprint density at radius 2 is 2.11 bits per heavy atom. The molecule has 0 unspecified atom stereocenters. The summed E-state index contributed by atoms with van der Waals surface area (Å²) in [6.45, 7) is 5.27. The fourth-order valence-corrected chi connectivity index (χ4v) is 2.70. The van der Waals surface area contributed by atoms with Crippen molar-refractivity contribution in [3.05, 3.63) is 0 Å². The van der Waals surface area contributed by atoms with Gasteiger partial charge in [-0.05, 0) is 24.3 Å². The summed E-state index contributed by atoms with van der Waals surface area (Å²) in [5.74, 6) is 0.457.